The van der Waals surface area contributed by atoms with Crippen molar-refractivity contribution in [2.75, 3.05) is 6.61 Å². The highest BCUT2D eigenvalue weighted by molar-refractivity contribution is 7.76. The summed E-state index contributed by atoms with van der Waals surface area (Å²) in [6.07, 6.45) is 6.44. The second kappa shape index (κ2) is 9.05. The van der Waals surface area contributed by atoms with Crippen LogP contribution in [0, 0.1) is 10.8 Å². The van der Waals surface area contributed by atoms with Crippen LogP contribution in [-0.4, -0.2) is 6.61 Å². The highest BCUT2D eigenvalue weighted by Gasteiger charge is 2.41. The predicted molar refractivity (Wildman–Crippen MR) is 137 cm³/mol. The van der Waals surface area contributed by atoms with Crippen LogP contribution in [0.2, 0.25) is 0 Å². The summed E-state index contributed by atoms with van der Waals surface area (Å²) in [5, 5.41) is 0. The average molecular weight is 463 g/mol. The summed E-state index contributed by atoms with van der Waals surface area (Å²) in [7, 11) is -1.54. The van der Waals surface area contributed by atoms with Crippen molar-refractivity contribution >= 4 is 19.0 Å². The standard InChI is InChI=1S/C27H40ClO2P/c1-19(24(2,3)4)17-20-13-12-16-29-31(28)30-23-15-14-21(18-22(23)25(5,6)7)27(10,11)26(20,8)9/h12-15,17-18H,1,16H2,2-11H3/b13-12-,20-17+. The van der Waals surface area contributed by atoms with Crippen molar-refractivity contribution in [3.63, 3.8) is 0 Å². The van der Waals surface area contributed by atoms with E-state index in [4.69, 9.17) is 20.3 Å². The Kier molecular flexibility index (Phi) is 7.64. The molecule has 2 nitrogen and oxygen atoms in total. The molecule has 0 saturated heterocycles. The van der Waals surface area contributed by atoms with Gasteiger partial charge in [-0.15, -0.1) is 0 Å². The van der Waals surface area contributed by atoms with E-state index in [1.54, 1.807) is 0 Å². The Hall–Kier alpha value is -1.08. The van der Waals surface area contributed by atoms with E-state index in [2.05, 4.69) is 106 Å². The van der Waals surface area contributed by atoms with Gasteiger partial charge in [0.25, 0.3) is 0 Å². The molecule has 2 heterocycles. The highest BCUT2D eigenvalue weighted by Crippen LogP contribution is 2.51. The number of allylic oxidation sites excluding steroid dienone is 4. The third kappa shape index (κ3) is 5.84. The molecular weight excluding hydrogens is 423 g/mol. The van der Waals surface area contributed by atoms with E-state index in [1.165, 1.54) is 11.1 Å². The van der Waals surface area contributed by atoms with Gasteiger partial charge >= 0.3 is 7.73 Å². The summed E-state index contributed by atoms with van der Waals surface area (Å²) >= 11 is 6.42. The lowest BCUT2D eigenvalue weighted by Crippen LogP contribution is -2.38. The van der Waals surface area contributed by atoms with Crippen molar-refractivity contribution in [3.05, 3.63) is 65.3 Å². The van der Waals surface area contributed by atoms with Gasteiger partial charge in [0, 0.05) is 5.56 Å². The Bertz CT molecular complexity index is 879. The zero-order valence-electron chi connectivity index (χ0n) is 21.0. The number of halogens is 1. The van der Waals surface area contributed by atoms with Crippen LogP contribution >= 0.6 is 19.0 Å². The smallest absolute Gasteiger partial charge is 0.338 e. The zero-order valence-corrected chi connectivity index (χ0v) is 22.7. The van der Waals surface area contributed by atoms with Crippen LogP contribution in [0.25, 0.3) is 0 Å². The molecule has 0 saturated carbocycles. The van der Waals surface area contributed by atoms with E-state index in [0.29, 0.717) is 6.61 Å². The third-order valence-electron chi connectivity index (χ3n) is 6.83. The molecule has 0 fully saturated rings. The number of benzene rings is 1. The highest BCUT2D eigenvalue weighted by atomic mass is 35.7. The number of hydrogen-bond donors (Lipinski definition) is 0. The maximum atomic E-state index is 6.42. The van der Waals surface area contributed by atoms with Crippen molar-refractivity contribution in [1.82, 2.24) is 0 Å². The molecule has 0 aliphatic carbocycles. The van der Waals surface area contributed by atoms with Gasteiger partial charge in [-0.1, -0.05) is 106 Å². The van der Waals surface area contributed by atoms with Gasteiger partial charge in [-0.2, -0.15) is 0 Å². The molecule has 172 valence electrons. The molecule has 2 aliphatic heterocycles. The summed E-state index contributed by atoms with van der Waals surface area (Å²) in [5.41, 5.74) is 4.33. The van der Waals surface area contributed by atoms with Crippen LogP contribution in [0.1, 0.15) is 80.4 Å². The molecule has 3 rings (SSSR count). The zero-order chi connectivity index (χ0) is 23.8. The van der Waals surface area contributed by atoms with E-state index < -0.39 is 7.73 Å². The lowest BCUT2D eigenvalue weighted by Gasteiger charge is -2.44. The number of rotatable bonds is 1. The molecule has 0 radical (unpaired) electrons. The maximum Gasteiger partial charge on any atom is 0.338 e. The van der Waals surface area contributed by atoms with Gasteiger partial charge in [0.1, 0.15) is 5.75 Å². The fourth-order valence-electron chi connectivity index (χ4n) is 3.53. The first-order chi connectivity index (χ1) is 14.0. The first-order valence-corrected chi connectivity index (χ1v) is 13.1. The summed E-state index contributed by atoms with van der Waals surface area (Å²) < 4.78 is 11.8. The fraction of sp³-hybridized carbons (Fsp3) is 0.556. The van der Waals surface area contributed by atoms with E-state index in [0.717, 1.165) is 16.9 Å². The van der Waals surface area contributed by atoms with Gasteiger partial charge in [0.2, 0.25) is 0 Å². The first kappa shape index (κ1) is 26.2. The second-order valence-corrected chi connectivity index (χ2v) is 13.3. The van der Waals surface area contributed by atoms with Gasteiger partial charge in [-0.05, 0) is 55.7 Å². The largest absolute Gasteiger partial charge is 0.436 e. The average Bonchev–Trinajstić information content (AvgIpc) is 2.62. The van der Waals surface area contributed by atoms with Gasteiger partial charge in [-0.3, -0.25) is 0 Å². The van der Waals surface area contributed by atoms with Gasteiger partial charge in [0.15, 0.2) is 0 Å². The Morgan fingerprint density at radius 2 is 1.68 bits per heavy atom. The normalized spacial score (nSPS) is 24.0. The van der Waals surface area contributed by atoms with Crippen molar-refractivity contribution in [3.8, 4) is 5.75 Å². The van der Waals surface area contributed by atoms with E-state index in [1.807, 2.05) is 6.08 Å². The number of fused-ring (bicyclic) bond motifs is 9. The number of hydrogen-bond acceptors (Lipinski definition) is 2. The Morgan fingerprint density at radius 1 is 1.06 bits per heavy atom. The molecule has 0 amide bonds. The van der Waals surface area contributed by atoms with Crippen LogP contribution in [0.4, 0.5) is 0 Å². The fourth-order valence-corrected chi connectivity index (χ4v) is 4.49. The van der Waals surface area contributed by atoms with Crippen molar-refractivity contribution < 1.29 is 9.05 Å². The second-order valence-electron chi connectivity index (χ2n) is 11.6. The molecule has 2 aliphatic rings. The maximum absolute atomic E-state index is 6.42. The predicted octanol–water partition coefficient (Wildman–Crippen LogP) is 9.25. The molecule has 1 atom stereocenters. The summed E-state index contributed by atoms with van der Waals surface area (Å²) in [6, 6.07) is 6.51. The van der Waals surface area contributed by atoms with Crippen molar-refractivity contribution in [2.45, 2.75) is 80.1 Å². The van der Waals surface area contributed by atoms with Crippen LogP contribution in [0.15, 0.2) is 54.2 Å². The SMILES string of the molecule is C=C(/C=C1\C=C/COP(Cl)Oc2ccc(cc2C(C)(C)C)C(C)(C)C1(C)C)C(C)(C)C. The van der Waals surface area contributed by atoms with E-state index in [9.17, 15) is 0 Å². The minimum absolute atomic E-state index is 0.00190. The molecule has 0 N–H and O–H groups in total. The van der Waals surface area contributed by atoms with Crippen LogP contribution in [-0.2, 0) is 15.4 Å². The van der Waals surface area contributed by atoms with Crippen molar-refractivity contribution in [2.24, 2.45) is 10.8 Å². The van der Waals surface area contributed by atoms with Gasteiger partial charge in [-0.25, -0.2) is 0 Å². The topological polar surface area (TPSA) is 18.5 Å². The van der Waals surface area contributed by atoms with E-state index in [-0.39, 0.29) is 21.7 Å². The lowest BCUT2D eigenvalue weighted by molar-refractivity contribution is 0.253. The molecule has 1 aromatic carbocycles. The minimum atomic E-state index is -1.54. The van der Waals surface area contributed by atoms with Gasteiger partial charge < -0.3 is 9.05 Å². The monoisotopic (exact) mass is 462 g/mol. The lowest BCUT2D eigenvalue weighted by atomic mass is 9.59. The Morgan fingerprint density at radius 3 is 2.23 bits per heavy atom. The van der Waals surface area contributed by atoms with Crippen LogP contribution in [0.5, 0.6) is 5.75 Å². The Labute approximate surface area is 196 Å². The molecule has 1 unspecified atom stereocenters. The quantitative estimate of drug-likeness (QED) is 0.387. The van der Waals surface area contributed by atoms with Gasteiger partial charge in [0.05, 0.1) is 6.61 Å². The molecule has 31 heavy (non-hydrogen) atoms. The summed E-state index contributed by atoms with van der Waals surface area (Å²) in [5.74, 6) is 0.797. The molecular formula is C27H40ClO2P. The van der Waals surface area contributed by atoms with Crippen LogP contribution < -0.4 is 4.52 Å². The summed E-state index contributed by atoms with van der Waals surface area (Å²) in [4.78, 5) is 0. The third-order valence-corrected chi connectivity index (χ3v) is 8.02. The van der Waals surface area contributed by atoms with E-state index >= 15 is 0 Å². The van der Waals surface area contributed by atoms with Crippen LogP contribution in [0.3, 0.4) is 0 Å². The van der Waals surface area contributed by atoms with Crippen molar-refractivity contribution in [1.29, 1.82) is 0 Å². The molecule has 0 aromatic heterocycles. The molecule has 4 heteroatoms. The molecule has 2 bridgehead atoms. The molecule has 0 spiro atoms. The minimum Gasteiger partial charge on any atom is -0.436 e. The Balaban J connectivity index is 2.75. The molecule has 1 aromatic rings. The first-order valence-electron chi connectivity index (χ1n) is 11.0. The summed E-state index contributed by atoms with van der Waals surface area (Å²) in [6.45, 7) is 27.2.